The molecule has 30 heavy (non-hydrogen) atoms. The number of carbonyl (C=O) groups is 1. The maximum Gasteiger partial charge on any atom is 0.269 e. The van der Waals surface area contributed by atoms with Crippen molar-refractivity contribution in [1.29, 1.82) is 0 Å². The lowest BCUT2D eigenvalue weighted by Gasteiger charge is -2.00. The van der Waals surface area contributed by atoms with Crippen LogP contribution in [0.3, 0.4) is 0 Å². The molecule has 1 N–H and O–H groups in total. The van der Waals surface area contributed by atoms with E-state index in [2.05, 4.69) is 20.7 Å². The molecule has 2 aromatic carbocycles. The molecule has 0 spiro atoms. The van der Waals surface area contributed by atoms with E-state index >= 15 is 0 Å². The second kappa shape index (κ2) is 11.1. The van der Waals surface area contributed by atoms with E-state index in [9.17, 15) is 14.9 Å². The summed E-state index contributed by atoms with van der Waals surface area (Å²) >= 11 is 10.4. The molecular weight excluding hydrogens is 466 g/mol. The first kappa shape index (κ1) is 22.2. The van der Waals surface area contributed by atoms with Crippen LogP contribution in [0.5, 0.6) is 0 Å². The molecule has 1 amide bonds. The first-order chi connectivity index (χ1) is 14.5. The number of amides is 1. The van der Waals surface area contributed by atoms with Gasteiger partial charge in [-0.25, -0.2) is 5.43 Å². The lowest BCUT2D eigenvalue weighted by molar-refractivity contribution is -0.384. The number of halogens is 1. The number of hydrogen-bond acceptors (Lipinski definition) is 9. The van der Waals surface area contributed by atoms with Crippen molar-refractivity contribution < 1.29 is 9.72 Å². The molecule has 12 heteroatoms. The summed E-state index contributed by atoms with van der Waals surface area (Å²) < 4.78 is 1.49. The number of thioether (sulfide) groups is 2. The van der Waals surface area contributed by atoms with E-state index in [0.29, 0.717) is 15.7 Å². The van der Waals surface area contributed by atoms with Crippen LogP contribution in [0.1, 0.15) is 11.1 Å². The Hall–Kier alpha value is -2.47. The summed E-state index contributed by atoms with van der Waals surface area (Å²) in [6.07, 6.45) is 1.42. The van der Waals surface area contributed by atoms with Gasteiger partial charge in [-0.1, -0.05) is 64.7 Å². The van der Waals surface area contributed by atoms with Crippen LogP contribution in [0, 0.1) is 10.1 Å². The van der Waals surface area contributed by atoms with Crippen molar-refractivity contribution in [1.82, 2.24) is 15.6 Å². The topological polar surface area (TPSA) is 110 Å². The van der Waals surface area contributed by atoms with Crippen LogP contribution in [0.25, 0.3) is 0 Å². The zero-order valence-corrected chi connectivity index (χ0v) is 18.4. The molecule has 0 atom stereocenters. The minimum absolute atomic E-state index is 0.00552. The van der Waals surface area contributed by atoms with Gasteiger partial charge in [-0.05, 0) is 29.3 Å². The van der Waals surface area contributed by atoms with Gasteiger partial charge in [-0.15, -0.1) is 10.2 Å². The second-order valence-electron chi connectivity index (χ2n) is 5.64. The molecule has 0 aliphatic heterocycles. The molecule has 3 aromatic rings. The minimum Gasteiger partial charge on any atom is -0.272 e. The highest BCUT2D eigenvalue weighted by molar-refractivity contribution is 8.03. The van der Waals surface area contributed by atoms with Crippen molar-refractivity contribution >= 4 is 64.3 Å². The highest BCUT2D eigenvalue weighted by atomic mass is 35.5. The number of carbonyl (C=O) groups excluding carboxylic acids is 1. The van der Waals surface area contributed by atoms with Crippen molar-refractivity contribution in [3.05, 3.63) is 74.8 Å². The summed E-state index contributed by atoms with van der Waals surface area (Å²) in [4.78, 5) is 22.0. The van der Waals surface area contributed by atoms with Crippen LogP contribution in [0.4, 0.5) is 5.69 Å². The number of benzene rings is 2. The molecule has 0 aliphatic rings. The molecule has 1 aromatic heterocycles. The molecule has 0 aliphatic carbocycles. The largest absolute Gasteiger partial charge is 0.272 e. The van der Waals surface area contributed by atoms with Gasteiger partial charge in [0.25, 0.3) is 11.6 Å². The van der Waals surface area contributed by atoms with Crippen LogP contribution in [0.2, 0.25) is 5.02 Å². The summed E-state index contributed by atoms with van der Waals surface area (Å²) in [6.45, 7) is 0. The van der Waals surface area contributed by atoms with Gasteiger partial charge in [0.2, 0.25) is 0 Å². The zero-order chi connectivity index (χ0) is 21.3. The summed E-state index contributed by atoms with van der Waals surface area (Å²) in [5, 5.41) is 23.4. The summed E-state index contributed by atoms with van der Waals surface area (Å²) in [5.74, 6) is 0.539. The minimum atomic E-state index is -0.478. The normalized spacial score (nSPS) is 11.0. The van der Waals surface area contributed by atoms with Gasteiger partial charge in [-0.2, -0.15) is 5.10 Å². The molecule has 1 heterocycles. The third-order valence-electron chi connectivity index (χ3n) is 3.53. The number of nitrogens with zero attached hydrogens (tertiary/aromatic N) is 4. The Labute approximate surface area is 189 Å². The van der Waals surface area contributed by atoms with Gasteiger partial charge in [0, 0.05) is 22.9 Å². The number of hydrazone groups is 1. The van der Waals surface area contributed by atoms with Crippen LogP contribution in [0.15, 0.2) is 62.3 Å². The fourth-order valence-corrected chi connectivity index (χ4v) is 5.19. The average molecular weight is 480 g/mol. The lowest BCUT2D eigenvalue weighted by Crippen LogP contribution is -2.19. The predicted molar refractivity (Wildman–Crippen MR) is 120 cm³/mol. The maximum absolute atomic E-state index is 11.9. The van der Waals surface area contributed by atoms with E-state index in [-0.39, 0.29) is 17.3 Å². The molecule has 0 radical (unpaired) electrons. The summed E-state index contributed by atoms with van der Waals surface area (Å²) in [7, 11) is 0. The standard InChI is InChI=1S/C18H14ClN5O3S3/c19-15-4-2-1-3-13(15)10-28-17-22-23-18(30-17)29-11-16(25)21-20-9-12-5-7-14(8-6-12)24(26)27/h1-9H,10-11H2,(H,21,25)/b20-9-. The highest BCUT2D eigenvalue weighted by Gasteiger charge is 2.09. The maximum atomic E-state index is 11.9. The van der Waals surface area contributed by atoms with Crippen LogP contribution >= 0.6 is 46.5 Å². The monoisotopic (exact) mass is 479 g/mol. The van der Waals surface area contributed by atoms with Gasteiger partial charge in [0.15, 0.2) is 8.68 Å². The van der Waals surface area contributed by atoms with E-state index in [1.807, 2.05) is 24.3 Å². The molecule has 154 valence electrons. The number of hydrogen-bond donors (Lipinski definition) is 1. The van der Waals surface area contributed by atoms with Crippen LogP contribution in [-0.2, 0) is 10.5 Å². The van der Waals surface area contributed by atoms with Gasteiger partial charge in [0.05, 0.1) is 16.9 Å². The summed E-state index contributed by atoms with van der Waals surface area (Å²) in [5.41, 5.74) is 4.07. The van der Waals surface area contributed by atoms with Crippen molar-refractivity contribution in [2.24, 2.45) is 5.10 Å². The van der Waals surface area contributed by atoms with E-state index < -0.39 is 4.92 Å². The quantitative estimate of drug-likeness (QED) is 0.206. The number of nitro benzene ring substituents is 1. The van der Waals surface area contributed by atoms with Crippen molar-refractivity contribution in [2.75, 3.05) is 5.75 Å². The SMILES string of the molecule is O=C(CSc1nnc(SCc2ccccc2Cl)s1)N/N=C\c1ccc([N+](=O)[O-])cc1. The highest BCUT2D eigenvalue weighted by Crippen LogP contribution is 2.32. The molecular formula is C18H14ClN5O3S3. The van der Waals surface area contributed by atoms with E-state index in [4.69, 9.17) is 11.6 Å². The molecule has 0 saturated carbocycles. The molecule has 0 saturated heterocycles. The number of aromatic nitrogens is 2. The van der Waals surface area contributed by atoms with E-state index in [0.717, 1.165) is 14.9 Å². The Morgan fingerprint density at radius 3 is 2.57 bits per heavy atom. The fourth-order valence-electron chi connectivity index (χ4n) is 2.09. The Kier molecular flexibility index (Phi) is 8.20. The third-order valence-corrected chi connectivity index (χ3v) is 7.14. The number of nitro groups is 1. The molecule has 0 unspecified atom stereocenters. The number of non-ortho nitro benzene ring substituents is 1. The molecule has 8 nitrogen and oxygen atoms in total. The smallest absolute Gasteiger partial charge is 0.269 e. The van der Waals surface area contributed by atoms with Crippen LogP contribution < -0.4 is 5.43 Å². The Bertz CT molecular complexity index is 1060. The zero-order valence-electron chi connectivity index (χ0n) is 15.2. The molecule has 0 bridgehead atoms. The number of rotatable bonds is 9. The van der Waals surface area contributed by atoms with E-state index in [1.54, 1.807) is 12.1 Å². The first-order valence-corrected chi connectivity index (χ1v) is 11.6. The molecule has 3 rings (SSSR count). The second-order valence-corrected chi connectivity index (χ2v) is 9.47. The number of nitrogens with one attached hydrogen (secondary N) is 1. The fraction of sp³-hybridized carbons (Fsp3) is 0.111. The Morgan fingerprint density at radius 1 is 1.17 bits per heavy atom. The summed E-state index contributed by atoms with van der Waals surface area (Å²) in [6, 6.07) is 13.5. The van der Waals surface area contributed by atoms with Crippen molar-refractivity contribution in [2.45, 2.75) is 14.4 Å². The average Bonchev–Trinajstić information content (AvgIpc) is 3.20. The van der Waals surface area contributed by atoms with E-state index in [1.165, 1.54) is 53.2 Å². The Balaban J connectivity index is 1.41. The van der Waals surface area contributed by atoms with Gasteiger partial charge < -0.3 is 0 Å². The van der Waals surface area contributed by atoms with Crippen molar-refractivity contribution in [3.8, 4) is 0 Å². The van der Waals surface area contributed by atoms with Crippen molar-refractivity contribution in [3.63, 3.8) is 0 Å². The Morgan fingerprint density at radius 2 is 1.87 bits per heavy atom. The van der Waals surface area contributed by atoms with Gasteiger partial charge in [0.1, 0.15) is 0 Å². The molecule has 0 fully saturated rings. The first-order valence-electron chi connectivity index (χ1n) is 8.40. The lowest BCUT2D eigenvalue weighted by atomic mass is 10.2. The predicted octanol–water partition coefficient (Wildman–Crippen LogP) is 4.63. The van der Waals surface area contributed by atoms with Gasteiger partial charge in [-0.3, -0.25) is 14.9 Å². The van der Waals surface area contributed by atoms with Crippen LogP contribution in [-0.4, -0.2) is 33.0 Å². The van der Waals surface area contributed by atoms with Gasteiger partial charge >= 0.3 is 0 Å². The third kappa shape index (κ3) is 6.80.